The number of ether oxygens (including phenoxy) is 4. The zero-order valence-electron chi connectivity index (χ0n) is 16.3. The molecule has 2 aromatic carbocycles. The molecule has 4 rings (SSSR count). The molecule has 0 spiro atoms. The van der Waals surface area contributed by atoms with E-state index in [-0.39, 0.29) is 11.9 Å². The first-order chi connectivity index (χ1) is 14.1. The number of hydrogen-bond acceptors (Lipinski definition) is 6. The van der Waals surface area contributed by atoms with Crippen molar-refractivity contribution in [3.63, 3.8) is 0 Å². The fourth-order valence-electron chi connectivity index (χ4n) is 3.79. The van der Waals surface area contributed by atoms with Gasteiger partial charge < -0.3 is 23.8 Å². The van der Waals surface area contributed by atoms with Gasteiger partial charge in [0.25, 0.3) is 5.91 Å². The van der Waals surface area contributed by atoms with Gasteiger partial charge in [0, 0.05) is 6.54 Å². The molecule has 7 nitrogen and oxygen atoms in total. The molecule has 0 N–H and O–H groups in total. The highest BCUT2D eigenvalue weighted by Gasteiger charge is 2.55. The van der Waals surface area contributed by atoms with Gasteiger partial charge in [0.15, 0.2) is 18.5 Å². The van der Waals surface area contributed by atoms with E-state index in [0.29, 0.717) is 13.0 Å². The lowest BCUT2D eigenvalue weighted by atomic mass is 10.0. The van der Waals surface area contributed by atoms with E-state index < -0.39 is 24.5 Å². The van der Waals surface area contributed by atoms with Gasteiger partial charge in [-0.2, -0.15) is 0 Å². The maximum Gasteiger partial charge on any atom is 0.338 e. The highest BCUT2D eigenvalue weighted by Crippen LogP contribution is 2.34. The number of benzene rings is 2. The average molecular weight is 397 g/mol. The molecule has 7 heteroatoms. The minimum atomic E-state index is -1.04. The van der Waals surface area contributed by atoms with Gasteiger partial charge in [-0.25, -0.2) is 4.79 Å². The van der Waals surface area contributed by atoms with Gasteiger partial charge in [-0.3, -0.25) is 4.79 Å². The highest BCUT2D eigenvalue weighted by atomic mass is 16.7. The van der Waals surface area contributed by atoms with Crippen LogP contribution < -0.4 is 4.74 Å². The van der Waals surface area contributed by atoms with Gasteiger partial charge in [0.2, 0.25) is 0 Å². The van der Waals surface area contributed by atoms with E-state index in [2.05, 4.69) is 0 Å². The largest absolute Gasteiger partial charge is 0.497 e. The van der Waals surface area contributed by atoms with E-state index in [1.54, 1.807) is 12.0 Å². The Hall–Kier alpha value is -2.90. The van der Waals surface area contributed by atoms with Crippen molar-refractivity contribution in [2.75, 3.05) is 14.2 Å². The van der Waals surface area contributed by atoms with E-state index in [4.69, 9.17) is 18.9 Å². The molecule has 2 aromatic rings. The fourth-order valence-corrected chi connectivity index (χ4v) is 3.79. The van der Waals surface area contributed by atoms with E-state index in [0.717, 1.165) is 16.9 Å². The molecule has 2 aliphatic heterocycles. The van der Waals surface area contributed by atoms with Crippen LogP contribution in [0.1, 0.15) is 11.1 Å². The molecule has 2 heterocycles. The molecule has 2 saturated heterocycles. The number of hydrogen-bond donors (Lipinski definition) is 0. The Bertz CT molecular complexity index is 869. The number of amides is 1. The number of carbonyl (C=O) groups excluding carboxylic acids is 2. The summed E-state index contributed by atoms with van der Waals surface area (Å²) in [7, 11) is 2.88. The lowest BCUT2D eigenvalue weighted by molar-refractivity contribution is -0.177. The molecule has 1 amide bonds. The molecule has 2 aliphatic rings. The number of fused-ring (bicyclic) bond motifs is 2. The number of nitrogens with zero attached hydrogens (tertiary/aromatic N) is 1. The van der Waals surface area contributed by atoms with Crippen LogP contribution >= 0.6 is 0 Å². The molecular weight excluding hydrogens is 374 g/mol. The summed E-state index contributed by atoms with van der Waals surface area (Å²) in [4.78, 5) is 27.1. The molecular formula is C22H23NO6. The van der Waals surface area contributed by atoms with E-state index in [1.165, 1.54) is 7.11 Å². The first-order valence-corrected chi connectivity index (χ1v) is 9.47. The van der Waals surface area contributed by atoms with Gasteiger partial charge in [0.1, 0.15) is 5.75 Å². The number of carbonyl (C=O) groups is 2. The topological polar surface area (TPSA) is 74.3 Å². The number of esters is 1. The smallest absolute Gasteiger partial charge is 0.338 e. The monoisotopic (exact) mass is 397 g/mol. The van der Waals surface area contributed by atoms with Crippen LogP contribution in [0, 0.1) is 0 Å². The molecule has 29 heavy (non-hydrogen) atoms. The first kappa shape index (κ1) is 19.4. The molecule has 0 radical (unpaired) electrons. The van der Waals surface area contributed by atoms with Crippen molar-refractivity contribution in [2.45, 2.75) is 37.5 Å². The van der Waals surface area contributed by atoms with E-state index >= 15 is 0 Å². The summed E-state index contributed by atoms with van der Waals surface area (Å²) in [6.45, 7) is 0.383. The highest BCUT2D eigenvalue weighted by molar-refractivity contribution is 5.90. The quantitative estimate of drug-likeness (QED) is 0.694. The second-order valence-electron chi connectivity index (χ2n) is 7.08. The third-order valence-corrected chi connectivity index (χ3v) is 5.31. The van der Waals surface area contributed by atoms with Crippen LogP contribution in [-0.4, -0.2) is 55.5 Å². The molecule has 4 atom stereocenters. The third kappa shape index (κ3) is 3.83. The van der Waals surface area contributed by atoms with Crippen LogP contribution in [0.5, 0.6) is 5.75 Å². The van der Waals surface area contributed by atoms with Crippen molar-refractivity contribution in [3.05, 3.63) is 65.7 Å². The zero-order chi connectivity index (χ0) is 20.4. The van der Waals surface area contributed by atoms with Gasteiger partial charge >= 0.3 is 5.97 Å². The van der Waals surface area contributed by atoms with Crippen LogP contribution in [0.3, 0.4) is 0 Å². The lowest BCUT2D eigenvalue weighted by Crippen LogP contribution is -2.56. The fraction of sp³-hybridized carbons (Fsp3) is 0.364. The Morgan fingerprint density at radius 1 is 1.00 bits per heavy atom. The normalized spacial score (nSPS) is 25.7. The number of morpholine rings is 1. The molecule has 0 unspecified atom stereocenters. The van der Waals surface area contributed by atoms with Gasteiger partial charge in [-0.05, 0) is 29.7 Å². The van der Waals surface area contributed by atoms with Gasteiger partial charge in [-0.1, -0.05) is 42.5 Å². The standard InChI is InChI=1S/C22H23NO6/c1-26-16-10-8-15(9-11-16)13-23-17(12-14-6-4-3-5-7-14)22-28-18(20(23)24)19(29-22)21(25)27-2/h3-11,17-19,22H,12-13H2,1-2H3/t17-,18+,19+,22-/m0/s1. The number of rotatable bonds is 6. The first-order valence-electron chi connectivity index (χ1n) is 9.47. The van der Waals surface area contributed by atoms with Gasteiger partial charge in [-0.15, -0.1) is 0 Å². The predicted octanol–water partition coefficient (Wildman–Crippen LogP) is 1.93. The SMILES string of the molecule is COC(=O)[C@@H]1O[C@@H]2O[C@H]1C(=O)N(Cc1ccc(OC)cc1)[C@H]2Cc1ccccc1. The molecule has 2 fully saturated rings. The number of methoxy groups -OCH3 is 2. The van der Waals surface area contributed by atoms with E-state index in [1.807, 2.05) is 54.6 Å². The summed E-state index contributed by atoms with van der Waals surface area (Å²) >= 11 is 0. The van der Waals surface area contributed by atoms with Crippen molar-refractivity contribution in [1.82, 2.24) is 4.90 Å². The van der Waals surface area contributed by atoms with Crippen molar-refractivity contribution in [3.8, 4) is 5.75 Å². The van der Waals surface area contributed by atoms with Crippen molar-refractivity contribution >= 4 is 11.9 Å². The van der Waals surface area contributed by atoms with Crippen LogP contribution in [0.2, 0.25) is 0 Å². The summed E-state index contributed by atoms with van der Waals surface area (Å²) in [6.07, 6.45) is -2.18. The Balaban J connectivity index is 1.62. The average Bonchev–Trinajstić information content (AvgIpc) is 3.17. The predicted molar refractivity (Wildman–Crippen MR) is 103 cm³/mol. The zero-order valence-corrected chi connectivity index (χ0v) is 16.3. The Kier molecular flexibility index (Phi) is 5.51. The Morgan fingerprint density at radius 3 is 2.38 bits per heavy atom. The van der Waals surface area contributed by atoms with Crippen LogP contribution in [0.15, 0.2) is 54.6 Å². The molecule has 0 aromatic heterocycles. The minimum Gasteiger partial charge on any atom is -0.497 e. The summed E-state index contributed by atoms with van der Waals surface area (Å²) < 4.78 is 21.6. The van der Waals surface area contributed by atoms with Crippen LogP contribution in [0.4, 0.5) is 0 Å². The second kappa shape index (κ2) is 8.23. The van der Waals surface area contributed by atoms with E-state index in [9.17, 15) is 9.59 Å². The maximum atomic E-state index is 13.2. The summed E-state index contributed by atoms with van der Waals surface area (Å²) in [5.74, 6) is -0.126. The molecule has 2 bridgehead atoms. The minimum absolute atomic E-state index is 0.272. The lowest BCUT2D eigenvalue weighted by Gasteiger charge is -2.38. The Labute approximate surface area is 169 Å². The second-order valence-corrected chi connectivity index (χ2v) is 7.08. The molecule has 0 aliphatic carbocycles. The third-order valence-electron chi connectivity index (χ3n) is 5.31. The van der Waals surface area contributed by atoms with Crippen molar-refractivity contribution in [1.29, 1.82) is 0 Å². The molecule has 0 saturated carbocycles. The summed E-state index contributed by atoms with van der Waals surface area (Å²) in [5, 5.41) is 0. The van der Waals surface area contributed by atoms with Crippen molar-refractivity contribution < 1.29 is 28.5 Å². The van der Waals surface area contributed by atoms with Gasteiger partial charge in [0.05, 0.1) is 20.3 Å². The van der Waals surface area contributed by atoms with Crippen LogP contribution in [0.25, 0.3) is 0 Å². The summed E-state index contributed by atoms with van der Waals surface area (Å²) in [6, 6.07) is 17.0. The maximum absolute atomic E-state index is 13.2. The van der Waals surface area contributed by atoms with Crippen molar-refractivity contribution in [2.24, 2.45) is 0 Å². The van der Waals surface area contributed by atoms with Crippen LogP contribution in [-0.2, 0) is 36.8 Å². The Morgan fingerprint density at radius 2 is 1.72 bits per heavy atom. The molecule has 152 valence electrons. The summed E-state index contributed by atoms with van der Waals surface area (Å²) in [5.41, 5.74) is 2.00.